The fourth-order valence-electron chi connectivity index (χ4n) is 3.48. The minimum Gasteiger partial charge on any atom is -0.327 e. The van der Waals surface area contributed by atoms with Crippen molar-refractivity contribution in [1.29, 1.82) is 0 Å². The van der Waals surface area contributed by atoms with Gasteiger partial charge >= 0.3 is 0 Å². The lowest BCUT2D eigenvalue weighted by molar-refractivity contribution is 0.0890. The van der Waals surface area contributed by atoms with Gasteiger partial charge in [0, 0.05) is 18.1 Å². The van der Waals surface area contributed by atoms with E-state index in [2.05, 4.69) is 63.8 Å². The molecule has 3 atom stereocenters. The number of hydrogen-bond acceptors (Lipinski definition) is 2. The van der Waals surface area contributed by atoms with Crippen LogP contribution in [0.3, 0.4) is 0 Å². The average Bonchev–Trinajstić information content (AvgIpc) is 2.45. The van der Waals surface area contributed by atoms with Gasteiger partial charge in [0.25, 0.3) is 0 Å². The highest BCUT2D eigenvalue weighted by molar-refractivity contribution is 5.29. The van der Waals surface area contributed by atoms with Crippen LogP contribution in [0.4, 0.5) is 0 Å². The minimum atomic E-state index is 0.223. The van der Waals surface area contributed by atoms with Crippen LogP contribution in [-0.4, -0.2) is 23.5 Å². The molecule has 0 radical (unpaired) electrons. The number of piperidine rings is 1. The van der Waals surface area contributed by atoms with E-state index in [-0.39, 0.29) is 11.5 Å². The summed E-state index contributed by atoms with van der Waals surface area (Å²) in [4.78, 5) is 2.61. The molecule has 1 saturated heterocycles. The molecule has 1 aliphatic heterocycles. The Morgan fingerprint density at radius 3 is 2.24 bits per heavy atom. The van der Waals surface area contributed by atoms with Gasteiger partial charge < -0.3 is 5.73 Å². The maximum Gasteiger partial charge on any atom is 0.0323 e. The normalized spacial score (nSPS) is 23.8. The minimum absolute atomic E-state index is 0.223. The standard InChI is InChI=1S/C19H32N2/c1-14(20)18-8-6-7-13-21(18)15(2)16-9-11-17(12-10-16)19(3,4)5/h9-12,14-15,18H,6-8,13,20H2,1-5H3. The average molecular weight is 288 g/mol. The van der Waals surface area contributed by atoms with Gasteiger partial charge in [-0.3, -0.25) is 4.90 Å². The molecule has 1 heterocycles. The lowest BCUT2D eigenvalue weighted by Gasteiger charge is -2.42. The highest BCUT2D eigenvalue weighted by Gasteiger charge is 2.29. The van der Waals surface area contributed by atoms with E-state index in [0.29, 0.717) is 12.1 Å². The Kier molecular flexibility index (Phi) is 5.11. The van der Waals surface area contributed by atoms with Gasteiger partial charge in [0.05, 0.1) is 0 Å². The lowest BCUT2D eigenvalue weighted by atomic mass is 9.86. The maximum atomic E-state index is 6.21. The first kappa shape index (κ1) is 16.5. The van der Waals surface area contributed by atoms with E-state index in [4.69, 9.17) is 5.73 Å². The molecular weight excluding hydrogens is 256 g/mol. The van der Waals surface area contributed by atoms with Crippen LogP contribution in [0.5, 0.6) is 0 Å². The molecule has 0 aliphatic carbocycles. The molecule has 0 spiro atoms. The molecule has 2 nitrogen and oxygen atoms in total. The van der Waals surface area contributed by atoms with Crippen molar-refractivity contribution in [2.75, 3.05) is 6.54 Å². The second-order valence-corrected chi connectivity index (χ2v) is 7.71. The summed E-state index contributed by atoms with van der Waals surface area (Å²) in [7, 11) is 0. The zero-order chi connectivity index (χ0) is 15.6. The Balaban J connectivity index is 2.16. The van der Waals surface area contributed by atoms with Crippen molar-refractivity contribution in [1.82, 2.24) is 4.90 Å². The molecule has 0 aromatic heterocycles. The SMILES string of the molecule is CC(N)C1CCCCN1C(C)c1ccc(C(C)(C)C)cc1. The fourth-order valence-corrected chi connectivity index (χ4v) is 3.48. The Morgan fingerprint density at radius 2 is 1.71 bits per heavy atom. The predicted molar refractivity (Wildman–Crippen MR) is 91.6 cm³/mol. The van der Waals surface area contributed by atoms with Gasteiger partial charge in [-0.2, -0.15) is 0 Å². The third-order valence-corrected chi connectivity index (χ3v) is 4.96. The van der Waals surface area contributed by atoms with Crippen LogP contribution in [0.1, 0.15) is 71.0 Å². The fraction of sp³-hybridized carbons (Fsp3) is 0.684. The van der Waals surface area contributed by atoms with E-state index in [1.807, 2.05) is 0 Å². The summed E-state index contributed by atoms with van der Waals surface area (Å²) in [5.41, 5.74) is 9.25. The number of benzene rings is 1. The quantitative estimate of drug-likeness (QED) is 0.901. The van der Waals surface area contributed by atoms with Gasteiger partial charge in [0.15, 0.2) is 0 Å². The molecule has 2 heteroatoms. The Morgan fingerprint density at radius 1 is 1.10 bits per heavy atom. The van der Waals surface area contributed by atoms with Crippen molar-refractivity contribution >= 4 is 0 Å². The molecule has 118 valence electrons. The second-order valence-electron chi connectivity index (χ2n) is 7.71. The van der Waals surface area contributed by atoms with Crippen LogP contribution in [0.25, 0.3) is 0 Å². The van der Waals surface area contributed by atoms with E-state index < -0.39 is 0 Å². The van der Waals surface area contributed by atoms with Crippen molar-refractivity contribution < 1.29 is 0 Å². The molecule has 2 N–H and O–H groups in total. The number of nitrogens with zero attached hydrogens (tertiary/aromatic N) is 1. The first-order chi connectivity index (χ1) is 9.80. The van der Waals surface area contributed by atoms with Gasteiger partial charge in [-0.15, -0.1) is 0 Å². The highest BCUT2D eigenvalue weighted by Crippen LogP contribution is 2.31. The van der Waals surface area contributed by atoms with Gasteiger partial charge in [-0.25, -0.2) is 0 Å². The second kappa shape index (κ2) is 6.50. The molecule has 1 fully saturated rings. The smallest absolute Gasteiger partial charge is 0.0323 e. The zero-order valence-electron chi connectivity index (χ0n) is 14.4. The third-order valence-electron chi connectivity index (χ3n) is 4.96. The summed E-state index contributed by atoms with van der Waals surface area (Å²) in [5.74, 6) is 0. The van der Waals surface area contributed by atoms with Crippen molar-refractivity contribution in [3.8, 4) is 0 Å². The molecule has 2 rings (SSSR count). The van der Waals surface area contributed by atoms with E-state index in [1.54, 1.807) is 0 Å². The molecule has 1 aliphatic rings. The summed E-state index contributed by atoms with van der Waals surface area (Å²) in [6, 6.07) is 10.4. The van der Waals surface area contributed by atoms with Crippen molar-refractivity contribution in [2.24, 2.45) is 5.73 Å². The van der Waals surface area contributed by atoms with Crippen LogP contribution in [0, 0.1) is 0 Å². The monoisotopic (exact) mass is 288 g/mol. The topological polar surface area (TPSA) is 29.3 Å². The summed E-state index contributed by atoms with van der Waals surface area (Å²) in [5, 5.41) is 0. The predicted octanol–water partition coefficient (Wildman–Crippen LogP) is 4.25. The van der Waals surface area contributed by atoms with E-state index in [1.165, 1.54) is 36.9 Å². The molecule has 0 saturated carbocycles. The lowest BCUT2D eigenvalue weighted by Crippen LogP contribution is -2.49. The van der Waals surface area contributed by atoms with E-state index in [0.717, 1.165) is 0 Å². The molecule has 21 heavy (non-hydrogen) atoms. The largest absolute Gasteiger partial charge is 0.327 e. The maximum absolute atomic E-state index is 6.21. The third kappa shape index (κ3) is 3.87. The van der Waals surface area contributed by atoms with Gasteiger partial charge in [-0.05, 0) is 49.8 Å². The Labute approximate surface area is 130 Å². The Hall–Kier alpha value is -0.860. The van der Waals surface area contributed by atoms with Gasteiger partial charge in [0.1, 0.15) is 0 Å². The zero-order valence-corrected chi connectivity index (χ0v) is 14.4. The molecule has 1 aromatic carbocycles. The number of likely N-dealkylation sites (tertiary alicyclic amines) is 1. The van der Waals surface area contributed by atoms with Crippen LogP contribution in [0.2, 0.25) is 0 Å². The first-order valence-electron chi connectivity index (χ1n) is 8.42. The summed E-state index contributed by atoms with van der Waals surface area (Å²) < 4.78 is 0. The molecular formula is C19H32N2. The Bertz CT molecular complexity index is 442. The van der Waals surface area contributed by atoms with Gasteiger partial charge in [-0.1, -0.05) is 51.5 Å². The van der Waals surface area contributed by atoms with Crippen LogP contribution in [0.15, 0.2) is 24.3 Å². The highest BCUT2D eigenvalue weighted by atomic mass is 15.2. The molecule has 3 unspecified atom stereocenters. The first-order valence-corrected chi connectivity index (χ1v) is 8.42. The summed E-state index contributed by atoms with van der Waals surface area (Å²) in [6.45, 7) is 12.5. The van der Waals surface area contributed by atoms with Crippen LogP contribution >= 0.6 is 0 Å². The van der Waals surface area contributed by atoms with Crippen LogP contribution in [-0.2, 0) is 5.41 Å². The van der Waals surface area contributed by atoms with Crippen molar-refractivity contribution in [2.45, 2.75) is 77.4 Å². The van der Waals surface area contributed by atoms with E-state index >= 15 is 0 Å². The number of nitrogens with two attached hydrogens (primary N) is 1. The van der Waals surface area contributed by atoms with Crippen LogP contribution < -0.4 is 5.73 Å². The molecule has 0 amide bonds. The summed E-state index contributed by atoms with van der Waals surface area (Å²) in [6.07, 6.45) is 3.86. The van der Waals surface area contributed by atoms with E-state index in [9.17, 15) is 0 Å². The van der Waals surface area contributed by atoms with Crippen molar-refractivity contribution in [3.63, 3.8) is 0 Å². The summed E-state index contributed by atoms with van der Waals surface area (Å²) >= 11 is 0. The number of hydrogen-bond donors (Lipinski definition) is 1. The van der Waals surface area contributed by atoms with Crippen molar-refractivity contribution in [3.05, 3.63) is 35.4 Å². The number of rotatable bonds is 3. The van der Waals surface area contributed by atoms with Gasteiger partial charge in [0.2, 0.25) is 0 Å². The molecule has 1 aromatic rings. The molecule has 0 bridgehead atoms.